The van der Waals surface area contributed by atoms with Crippen molar-refractivity contribution in [2.24, 2.45) is 0 Å². The average molecular weight is 336 g/mol. The molecule has 0 radical (unpaired) electrons. The van der Waals surface area contributed by atoms with E-state index in [4.69, 9.17) is 9.47 Å². The normalized spacial score (nSPS) is 9.95. The number of rotatable bonds is 4. The molecule has 0 aliphatic heterocycles. The van der Waals surface area contributed by atoms with E-state index in [1.54, 1.807) is 32.4 Å². The number of hydrogen-bond acceptors (Lipinski definition) is 3. The van der Waals surface area contributed by atoms with Crippen LogP contribution in [-0.4, -0.2) is 20.1 Å². The Morgan fingerprint density at radius 1 is 1.05 bits per heavy atom. The molecule has 0 bridgehead atoms. The summed E-state index contributed by atoms with van der Waals surface area (Å²) in [4.78, 5) is 12.2. The van der Waals surface area contributed by atoms with Crippen LogP contribution in [0.1, 0.15) is 10.4 Å². The van der Waals surface area contributed by atoms with Gasteiger partial charge in [0.25, 0.3) is 5.91 Å². The molecule has 0 aromatic heterocycles. The van der Waals surface area contributed by atoms with E-state index in [-0.39, 0.29) is 5.91 Å². The minimum Gasteiger partial charge on any atom is -0.497 e. The number of hydrogen-bond donors (Lipinski definition) is 1. The highest BCUT2D eigenvalue weighted by Gasteiger charge is 2.10. The molecule has 0 saturated heterocycles. The minimum atomic E-state index is -0.222. The molecule has 2 aromatic carbocycles. The van der Waals surface area contributed by atoms with Crippen molar-refractivity contribution in [2.75, 3.05) is 19.5 Å². The fraction of sp³-hybridized carbons (Fsp3) is 0.133. The molecule has 4 nitrogen and oxygen atoms in total. The Hall–Kier alpha value is -2.01. The molecular formula is C15H14BrNO3. The minimum absolute atomic E-state index is 0.222. The van der Waals surface area contributed by atoms with Gasteiger partial charge in [0.15, 0.2) is 0 Å². The molecule has 1 amide bonds. The molecule has 0 heterocycles. The van der Waals surface area contributed by atoms with Gasteiger partial charge in [-0.15, -0.1) is 0 Å². The lowest BCUT2D eigenvalue weighted by atomic mass is 10.2. The number of methoxy groups -OCH3 is 2. The number of ether oxygens (including phenoxy) is 2. The van der Waals surface area contributed by atoms with Gasteiger partial charge in [-0.3, -0.25) is 4.79 Å². The predicted molar refractivity (Wildman–Crippen MR) is 81.6 cm³/mol. The van der Waals surface area contributed by atoms with Crippen LogP contribution in [-0.2, 0) is 0 Å². The first-order valence-corrected chi connectivity index (χ1v) is 6.71. The molecule has 2 aromatic rings. The molecule has 5 heteroatoms. The zero-order chi connectivity index (χ0) is 14.5. The fourth-order valence-electron chi connectivity index (χ4n) is 1.71. The number of carbonyl (C=O) groups is 1. The molecule has 104 valence electrons. The van der Waals surface area contributed by atoms with Gasteiger partial charge < -0.3 is 14.8 Å². The van der Waals surface area contributed by atoms with E-state index in [2.05, 4.69) is 21.2 Å². The zero-order valence-corrected chi connectivity index (χ0v) is 12.7. The van der Waals surface area contributed by atoms with Crippen molar-refractivity contribution in [1.29, 1.82) is 0 Å². The second kappa shape index (κ2) is 6.43. The summed E-state index contributed by atoms with van der Waals surface area (Å²) in [5.41, 5.74) is 1.19. The Labute approximate surface area is 125 Å². The van der Waals surface area contributed by atoms with Crippen LogP contribution in [0.15, 0.2) is 46.9 Å². The molecule has 0 atom stereocenters. The molecule has 0 saturated carbocycles. The highest BCUT2D eigenvalue weighted by Crippen LogP contribution is 2.23. The third-order valence-corrected chi connectivity index (χ3v) is 3.19. The van der Waals surface area contributed by atoms with E-state index < -0.39 is 0 Å². The molecule has 0 spiro atoms. The molecule has 1 N–H and O–H groups in total. The van der Waals surface area contributed by atoms with Crippen LogP contribution < -0.4 is 14.8 Å². The number of halogens is 1. The second-order valence-electron chi connectivity index (χ2n) is 4.07. The van der Waals surface area contributed by atoms with E-state index >= 15 is 0 Å². The number of benzene rings is 2. The van der Waals surface area contributed by atoms with Crippen molar-refractivity contribution < 1.29 is 14.3 Å². The summed E-state index contributed by atoms with van der Waals surface area (Å²) < 4.78 is 11.2. The number of nitrogens with one attached hydrogen (secondary N) is 1. The molecule has 0 aliphatic rings. The smallest absolute Gasteiger partial charge is 0.255 e. The Kier molecular flexibility index (Phi) is 4.63. The van der Waals surface area contributed by atoms with Crippen molar-refractivity contribution in [3.63, 3.8) is 0 Å². The van der Waals surface area contributed by atoms with Crippen LogP contribution >= 0.6 is 15.9 Å². The predicted octanol–water partition coefficient (Wildman–Crippen LogP) is 3.72. The van der Waals surface area contributed by atoms with Gasteiger partial charge in [-0.2, -0.15) is 0 Å². The SMILES string of the molecule is COc1cc(OC)cc(C(=O)Nc2cccc(Br)c2)c1. The second-order valence-corrected chi connectivity index (χ2v) is 4.98. The Morgan fingerprint density at radius 3 is 2.25 bits per heavy atom. The maximum Gasteiger partial charge on any atom is 0.255 e. The van der Waals surface area contributed by atoms with Gasteiger partial charge in [0.1, 0.15) is 11.5 Å². The van der Waals surface area contributed by atoms with Crippen LogP contribution in [0, 0.1) is 0 Å². The molecule has 0 fully saturated rings. The van der Waals surface area contributed by atoms with Crippen LogP contribution in [0.2, 0.25) is 0 Å². The lowest BCUT2D eigenvalue weighted by molar-refractivity contribution is 0.102. The fourth-order valence-corrected chi connectivity index (χ4v) is 2.11. The number of carbonyl (C=O) groups excluding carboxylic acids is 1. The Balaban J connectivity index is 2.24. The van der Waals surface area contributed by atoms with Gasteiger partial charge >= 0.3 is 0 Å². The topological polar surface area (TPSA) is 47.6 Å². The lowest BCUT2D eigenvalue weighted by Crippen LogP contribution is -2.12. The van der Waals surface area contributed by atoms with Crippen molar-refractivity contribution in [2.45, 2.75) is 0 Å². The van der Waals surface area contributed by atoms with E-state index in [1.165, 1.54) is 0 Å². The van der Waals surface area contributed by atoms with Crippen molar-refractivity contribution in [3.8, 4) is 11.5 Å². The maximum absolute atomic E-state index is 12.2. The van der Waals surface area contributed by atoms with E-state index in [0.29, 0.717) is 22.7 Å². The number of amides is 1. The highest BCUT2D eigenvalue weighted by molar-refractivity contribution is 9.10. The molecule has 0 unspecified atom stereocenters. The monoisotopic (exact) mass is 335 g/mol. The van der Waals surface area contributed by atoms with E-state index in [9.17, 15) is 4.79 Å². The average Bonchev–Trinajstić information content (AvgIpc) is 2.46. The summed E-state index contributed by atoms with van der Waals surface area (Å²) in [6.07, 6.45) is 0. The first-order valence-electron chi connectivity index (χ1n) is 5.92. The van der Waals surface area contributed by atoms with E-state index in [1.807, 2.05) is 24.3 Å². The van der Waals surface area contributed by atoms with Crippen LogP contribution in [0.3, 0.4) is 0 Å². The molecular weight excluding hydrogens is 322 g/mol. The van der Waals surface area contributed by atoms with Crippen molar-refractivity contribution >= 4 is 27.5 Å². The largest absolute Gasteiger partial charge is 0.497 e. The first-order chi connectivity index (χ1) is 9.62. The van der Waals surface area contributed by atoms with Crippen LogP contribution in [0.4, 0.5) is 5.69 Å². The summed E-state index contributed by atoms with van der Waals surface area (Å²) >= 11 is 3.36. The first kappa shape index (κ1) is 14.4. The third-order valence-electron chi connectivity index (χ3n) is 2.70. The van der Waals surface area contributed by atoms with Gasteiger partial charge in [0, 0.05) is 21.8 Å². The Morgan fingerprint density at radius 2 is 1.70 bits per heavy atom. The third kappa shape index (κ3) is 3.51. The van der Waals surface area contributed by atoms with Crippen LogP contribution in [0.25, 0.3) is 0 Å². The summed E-state index contributed by atoms with van der Waals surface area (Å²) in [7, 11) is 3.09. The van der Waals surface area contributed by atoms with Crippen molar-refractivity contribution in [1.82, 2.24) is 0 Å². The van der Waals surface area contributed by atoms with Crippen LogP contribution in [0.5, 0.6) is 11.5 Å². The summed E-state index contributed by atoms with van der Waals surface area (Å²) in [6, 6.07) is 12.4. The summed E-state index contributed by atoms with van der Waals surface area (Å²) in [5, 5.41) is 2.82. The van der Waals surface area contributed by atoms with Crippen molar-refractivity contribution in [3.05, 3.63) is 52.5 Å². The molecule has 2 rings (SSSR count). The van der Waals surface area contributed by atoms with Gasteiger partial charge in [-0.1, -0.05) is 22.0 Å². The van der Waals surface area contributed by atoms with Gasteiger partial charge in [-0.05, 0) is 30.3 Å². The Bertz CT molecular complexity index is 606. The maximum atomic E-state index is 12.2. The standard InChI is InChI=1S/C15H14BrNO3/c1-19-13-6-10(7-14(9-13)20-2)15(18)17-12-5-3-4-11(16)8-12/h3-9H,1-2H3,(H,17,18). The number of anilines is 1. The van der Waals surface area contributed by atoms with E-state index in [0.717, 1.165) is 4.47 Å². The highest BCUT2D eigenvalue weighted by atomic mass is 79.9. The molecule has 20 heavy (non-hydrogen) atoms. The van der Waals surface area contributed by atoms with Gasteiger partial charge in [0.05, 0.1) is 14.2 Å². The van der Waals surface area contributed by atoms with Gasteiger partial charge in [0.2, 0.25) is 0 Å². The van der Waals surface area contributed by atoms with Gasteiger partial charge in [-0.25, -0.2) is 0 Å². The summed E-state index contributed by atoms with van der Waals surface area (Å²) in [6.45, 7) is 0. The summed E-state index contributed by atoms with van der Waals surface area (Å²) in [5.74, 6) is 0.924. The zero-order valence-electron chi connectivity index (χ0n) is 11.1. The lowest BCUT2D eigenvalue weighted by Gasteiger charge is -2.09. The quantitative estimate of drug-likeness (QED) is 0.926. The molecule has 0 aliphatic carbocycles.